The number of benzene rings is 1. The summed E-state index contributed by atoms with van der Waals surface area (Å²) in [5.74, 6) is 0. The molecule has 2 rings (SSSR count). The molecule has 1 heterocycles. The second-order valence-electron chi connectivity index (χ2n) is 4.66. The summed E-state index contributed by atoms with van der Waals surface area (Å²) in [6.45, 7) is 1.60. The van der Waals surface area contributed by atoms with Gasteiger partial charge in [0.25, 0.3) is 5.69 Å². The summed E-state index contributed by atoms with van der Waals surface area (Å²) in [5, 5.41) is 19.4. The number of anilines is 1. The number of nitro groups is 1. The summed E-state index contributed by atoms with van der Waals surface area (Å²) >= 11 is 1.02. The highest BCUT2D eigenvalue weighted by atomic mass is 32.3. The minimum atomic E-state index is -4.82. The van der Waals surface area contributed by atoms with Gasteiger partial charge in [-0.25, -0.2) is 13.4 Å². The number of nitro benzene ring substituents is 1. The minimum Gasteiger partial charge on any atom is -0.726 e. The van der Waals surface area contributed by atoms with Crippen LogP contribution >= 0.6 is 11.5 Å². The number of rotatable bonds is 9. The molecule has 14 heteroatoms. The van der Waals surface area contributed by atoms with E-state index >= 15 is 0 Å². The van der Waals surface area contributed by atoms with Crippen LogP contribution in [-0.2, 0) is 14.6 Å². The first kappa shape index (κ1) is 19.8. The normalized spacial score (nSPS) is 11.8. The molecule has 0 bridgehead atoms. The summed E-state index contributed by atoms with van der Waals surface area (Å²) in [6.07, 6.45) is 1.31. The third-order valence-electron chi connectivity index (χ3n) is 3.07. The third-order valence-corrected chi connectivity index (χ3v) is 4.07. The lowest BCUT2D eigenvalue weighted by atomic mass is 10.2. The molecule has 0 amide bonds. The maximum Gasteiger partial charge on any atom is 0.294 e. The summed E-state index contributed by atoms with van der Waals surface area (Å²) in [6, 6.07) is 4.20. The van der Waals surface area contributed by atoms with E-state index in [0.717, 1.165) is 11.5 Å². The number of hydrogen-bond acceptors (Lipinski definition) is 12. The molecule has 1 aromatic carbocycles. The number of nitrogens with zero attached hydrogens (tertiary/aromatic N) is 6. The molecule has 12 nitrogen and oxygen atoms in total. The van der Waals surface area contributed by atoms with E-state index in [-0.39, 0.29) is 23.6 Å². The number of azo groups is 1. The van der Waals surface area contributed by atoms with Crippen LogP contribution in [0.2, 0.25) is 0 Å². The summed E-state index contributed by atoms with van der Waals surface area (Å²) in [4.78, 5) is 16.1. The molecule has 0 aliphatic carbocycles. The largest absolute Gasteiger partial charge is 0.726 e. The molecule has 0 unspecified atom stereocenters. The van der Waals surface area contributed by atoms with Crippen molar-refractivity contribution in [2.75, 3.05) is 24.6 Å². The van der Waals surface area contributed by atoms with Gasteiger partial charge >= 0.3 is 0 Å². The Bertz CT molecular complexity index is 886. The molecule has 0 atom stereocenters. The van der Waals surface area contributed by atoms with E-state index in [1.807, 2.05) is 0 Å². The lowest BCUT2D eigenvalue weighted by Gasteiger charge is -2.23. The molecule has 0 spiro atoms. The first-order valence-corrected chi connectivity index (χ1v) is 9.23. The van der Waals surface area contributed by atoms with E-state index in [1.165, 1.54) is 29.4 Å². The molecular formula is C12H13N6O6S2-. The summed E-state index contributed by atoms with van der Waals surface area (Å²) < 4.78 is 39.4. The van der Waals surface area contributed by atoms with Crippen molar-refractivity contribution in [2.45, 2.75) is 6.92 Å². The number of hydrogen-bond donors (Lipinski definition) is 0. The highest BCUT2D eigenvalue weighted by Gasteiger charge is 2.19. The van der Waals surface area contributed by atoms with Gasteiger partial charge in [-0.3, -0.25) is 14.3 Å². The molecule has 0 N–H and O–H groups in total. The average molecular weight is 401 g/mol. The fourth-order valence-corrected chi connectivity index (χ4v) is 2.64. The topological polar surface area (TPSA) is 163 Å². The molecule has 0 saturated heterocycles. The zero-order valence-electron chi connectivity index (χ0n) is 13.4. The number of likely N-dealkylation sites (N-methyl/N-ethyl adjacent to an activating group) is 1. The Kier molecular flexibility index (Phi) is 6.62. The van der Waals surface area contributed by atoms with Gasteiger partial charge in [0.2, 0.25) is 15.5 Å². The van der Waals surface area contributed by atoms with Crippen molar-refractivity contribution < 1.29 is 22.1 Å². The summed E-state index contributed by atoms with van der Waals surface area (Å²) in [7, 11) is -4.82. The van der Waals surface area contributed by atoms with Gasteiger partial charge in [-0.1, -0.05) is 0 Å². The van der Waals surface area contributed by atoms with Crippen LogP contribution in [0, 0.1) is 10.1 Å². The van der Waals surface area contributed by atoms with Crippen LogP contribution in [0.1, 0.15) is 6.92 Å². The fourth-order valence-electron chi connectivity index (χ4n) is 2.00. The van der Waals surface area contributed by atoms with Crippen LogP contribution in [0.4, 0.5) is 22.2 Å². The van der Waals surface area contributed by atoms with Gasteiger partial charge in [0, 0.05) is 30.7 Å². The lowest BCUT2D eigenvalue weighted by Crippen LogP contribution is -2.28. The Balaban J connectivity index is 2.22. The van der Waals surface area contributed by atoms with Gasteiger partial charge in [0.05, 0.1) is 17.2 Å². The Morgan fingerprint density at radius 3 is 2.73 bits per heavy atom. The van der Waals surface area contributed by atoms with Crippen molar-refractivity contribution >= 4 is 44.1 Å². The maximum absolute atomic E-state index is 11.4. The average Bonchev–Trinajstić information content (AvgIpc) is 3.09. The standard InChI is InChI=1S/C12H14N6O6S2/c1-2-17(5-6-24-26(21,22)23)10-4-3-9(7-11(10)18(19)20)15-16-12-13-8-14-25-12/h3-4,7-8H,2,5-6H2,1H3,(H,21,22,23)/p-1. The quantitative estimate of drug-likeness (QED) is 0.201. The van der Waals surface area contributed by atoms with Gasteiger partial charge < -0.3 is 9.45 Å². The van der Waals surface area contributed by atoms with Crippen molar-refractivity contribution in [3.8, 4) is 0 Å². The van der Waals surface area contributed by atoms with Gasteiger partial charge in [0.1, 0.15) is 12.0 Å². The van der Waals surface area contributed by atoms with Crippen molar-refractivity contribution in [1.82, 2.24) is 9.36 Å². The van der Waals surface area contributed by atoms with Gasteiger partial charge in [0.15, 0.2) is 0 Å². The van der Waals surface area contributed by atoms with Crippen LogP contribution in [-0.4, -0.2) is 46.9 Å². The molecule has 2 aromatic rings. The Labute approximate surface area is 152 Å². The van der Waals surface area contributed by atoms with Crippen molar-refractivity contribution in [3.05, 3.63) is 34.6 Å². The van der Waals surface area contributed by atoms with Crippen LogP contribution in [0.3, 0.4) is 0 Å². The van der Waals surface area contributed by atoms with Gasteiger partial charge in [-0.05, 0) is 19.1 Å². The number of aromatic nitrogens is 2. The van der Waals surface area contributed by atoms with E-state index < -0.39 is 21.9 Å². The van der Waals surface area contributed by atoms with Crippen LogP contribution in [0.15, 0.2) is 34.8 Å². The highest BCUT2D eigenvalue weighted by Crippen LogP contribution is 2.32. The Morgan fingerprint density at radius 2 is 2.15 bits per heavy atom. The van der Waals surface area contributed by atoms with Crippen LogP contribution in [0.5, 0.6) is 0 Å². The fraction of sp³-hybridized carbons (Fsp3) is 0.333. The first-order valence-electron chi connectivity index (χ1n) is 7.12. The Hall–Kier alpha value is -2.55. The smallest absolute Gasteiger partial charge is 0.294 e. The van der Waals surface area contributed by atoms with Crippen molar-refractivity contribution in [2.24, 2.45) is 10.2 Å². The maximum atomic E-state index is 11.4. The zero-order valence-corrected chi connectivity index (χ0v) is 15.0. The second kappa shape index (κ2) is 8.70. The molecule has 0 aliphatic rings. The van der Waals surface area contributed by atoms with E-state index in [1.54, 1.807) is 6.92 Å². The molecule has 140 valence electrons. The molecule has 0 radical (unpaired) electrons. The SMILES string of the molecule is CCN(CCOS(=O)(=O)[O-])c1ccc(N=Nc2ncns2)cc1[N+](=O)[O-]. The molecule has 1 aromatic heterocycles. The van der Waals surface area contributed by atoms with Crippen molar-refractivity contribution in [3.63, 3.8) is 0 Å². The Morgan fingerprint density at radius 1 is 1.38 bits per heavy atom. The van der Waals surface area contributed by atoms with Crippen molar-refractivity contribution in [1.29, 1.82) is 0 Å². The molecular weight excluding hydrogens is 388 g/mol. The van der Waals surface area contributed by atoms with E-state index in [9.17, 15) is 23.1 Å². The molecule has 0 saturated carbocycles. The van der Waals surface area contributed by atoms with E-state index in [2.05, 4.69) is 23.8 Å². The lowest BCUT2D eigenvalue weighted by molar-refractivity contribution is -0.384. The predicted octanol–water partition coefficient (Wildman–Crippen LogP) is 2.16. The minimum absolute atomic E-state index is 0.0234. The van der Waals surface area contributed by atoms with Crippen LogP contribution in [0.25, 0.3) is 0 Å². The predicted molar refractivity (Wildman–Crippen MR) is 90.7 cm³/mol. The van der Waals surface area contributed by atoms with Crippen LogP contribution < -0.4 is 4.90 Å². The second-order valence-corrected chi connectivity index (χ2v) is 6.47. The third kappa shape index (κ3) is 5.76. The van der Waals surface area contributed by atoms with E-state index in [0.29, 0.717) is 11.7 Å². The van der Waals surface area contributed by atoms with E-state index in [4.69, 9.17) is 0 Å². The van der Waals surface area contributed by atoms with Gasteiger partial charge in [-0.15, -0.1) is 10.2 Å². The zero-order chi connectivity index (χ0) is 19.2. The molecule has 0 aliphatic heterocycles. The molecule has 0 fully saturated rings. The monoisotopic (exact) mass is 401 g/mol. The molecule has 26 heavy (non-hydrogen) atoms. The first-order chi connectivity index (χ1) is 12.3. The highest BCUT2D eigenvalue weighted by molar-refractivity contribution is 7.80. The summed E-state index contributed by atoms with van der Waals surface area (Å²) in [5.41, 5.74) is 0.231. The van der Waals surface area contributed by atoms with Gasteiger partial charge in [-0.2, -0.15) is 4.37 Å².